The molecule has 0 aliphatic carbocycles. The van der Waals surface area contributed by atoms with Crippen LogP contribution in [0.5, 0.6) is 0 Å². The molecule has 0 aliphatic rings. The first-order valence-corrected chi connectivity index (χ1v) is 7.69. The van der Waals surface area contributed by atoms with Gasteiger partial charge in [0.1, 0.15) is 17.1 Å². The molecule has 1 aromatic carbocycles. The van der Waals surface area contributed by atoms with Crippen molar-refractivity contribution in [1.82, 2.24) is 14.5 Å². The summed E-state index contributed by atoms with van der Waals surface area (Å²) in [5, 5.41) is 1.42. The Kier molecular flexibility index (Phi) is 6.89. The summed E-state index contributed by atoms with van der Waals surface area (Å²) in [6.07, 6.45) is 3.52. The Hall–Kier alpha value is -1.87. The van der Waals surface area contributed by atoms with Crippen LogP contribution in [-0.2, 0) is 0 Å². The van der Waals surface area contributed by atoms with Gasteiger partial charge >= 0.3 is 0 Å². The monoisotopic (exact) mass is 303 g/mol. The highest BCUT2D eigenvalue weighted by Crippen LogP contribution is 2.26. The van der Waals surface area contributed by atoms with Gasteiger partial charge in [-0.05, 0) is 24.6 Å². The number of aryl methyl sites for hydroxylation is 1. The van der Waals surface area contributed by atoms with E-state index in [-0.39, 0.29) is 0 Å². The third-order valence-electron chi connectivity index (χ3n) is 2.76. The van der Waals surface area contributed by atoms with Crippen LogP contribution in [-0.4, -0.2) is 14.5 Å². The van der Waals surface area contributed by atoms with Gasteiger partial charge in [0.25, 0.3) is 0 Å². The topological polar surface area (TPSA) is 30.7 Å². The van der Waals surface area contributed by atoms with Gasteiger partial charge in [0.05, 0.1) is 5.39 Å². The Labute approximate surface area is 131 Å². The quantitative estimate of drug-likeness (QED) is 0.561. The predicted molar refractivity (Wildman–Crippen MR) is 91.3 cm³/mol. The standard InChI is InChI=1S/C13H10ClN3.2C2H6/c1-9-7-17(10-5-3-2-4-6-10)13-11(9)12(14)15-8-16-13;2*1-2/h2-8H,1H3;2*1-2H3. The number of nitrogens with zero attached hydrogens (tertiary/aromatic N) is 3. The molecule has 0 bridgehead atoms. The Morgan fingerprint density at radius 2 is 1.57 bits per heavy atom. The van der Waals surface area contributed by atoms with E-state index in [0.717, 1.165) is 22.3 Å². The lowest BCUT2D eigenvalue weighted by molar-refractivity contribution is 1.07. The van der Waals surface area contributed by atoms with E-state index < -0.39 is 0 Å². The summed E-state index contributed by atoms with van der Waals surface area (Å²) < 4.78 is 2.03. The van der Waals surface area contributed by atoms with Crippen LogP contribution >= 0.6 is 11.6 Å². The molecule has 0 spiro atoms. The molecule has 0 saturated carbocycles. The SMILES string of the molecule is CC.CC.Cc1cn(-c2ccccc2)c2ncnc(Cl)c12. The molecule has 0 saturated heterocycles. The van der Waals surface area contributed by atoms with Crippen molar-refractivity contribution in [2.45, 2.75) is 34.6 Å². The Balaban J connectivity index is 0.000000510. The summed E-state index contributed by atoms with van der Waals surface area (Å²) in [6, 6.07) is 10.1. The zero-order valence-electron chi connectivity index (χ0n) is 13.3. The fraction of sp³-hybridized carbons (Fsp3) is 0.294. The molecule has 0 N–H and O–H groups in total. The van der Waals surface area contributed by atoms with Crippen LogP contribution in [0.2, 0.25) is 5.15 Å². The Bertz CT molecular complexity index is 675. The fourth-order valence-corrected chi connectivity index (χ4v) is 2.26. The summed E-state index contributed by atoms with van der Waals surface area (Å²) in [5.74, 6) is 0. The Morgan fingerprint density at radius 3 is 2.19 bits per heavy atom. The van der Waals surface area contributed by atoms with Gasteiger partial charge in [-0.3, -0.25) is 0 Å². The smallest absolute Gasteiger partial charge is 0.149 e. The predicted octanol–water partition coefficient (Wildman–Crippen LogP) is 5.43. The van der Waals surface area contributed by atoms with Crippen LogP contribution in [0.25, 0.3) is 16.7 Å². The van der Waals surface area contributed by atoms with E-state index in [1.54, 1.807) is 0 Å². The maximum atomic E-state index is 6.10. The molecule has 4 heteroatoms. The van der Waals surface area contributed by atoms with E-state index in [0.29, 0.717) is 5.15 Å². The number of halogens is 1. The van der Waals surface area contributed by atoms with Crippen LogP contribution < -0.4 is 0 Å². The molecule has 0 unspecified atom stereocenters. The number of fused-ring (bicyclic) bond motifs is 1. The lowest BCUT2D eigenvalue weighted by Gasteiger charge is -2.03. The maximum Gasteiger partial charge on any atom is 0.149 e. The summed E-state index contributed by atoms with van der Waals surface area (Å²) in [6.45, 7) is 10.0. The zero-order valence-corrected chi connectivity index (χ0v) is 14.0. The van der Waals surface area contributed by atoms with Crippen molar-refractivity contribution in [2.24, 2.45) is 0 Å². The molecule has 0 amide bonds. The molecule has 2 heterocycles. The van der Waals surface area contributed by atoms with E-state index in [9.17, 15) is 0 Å². The van der Waals surface area contributed by atoms with Crippen LogP contribution in [0.4, 0.5) is 0 Å². The molecule has 21 heavy (non-hydrogen) atoms. The number of hydrogen-bond acceptors (Lipinski definition) is 2. The van der Waals surface area contributed by atoms with Crippen molar-refractivity contribution < 1.29 is 0 Å². The van der Waals surface area contributed by atoms with Crippen molar-refractivity contribution in [3.63, 3.8) is 0 Å². The second-order valence-electron chi connectivity index (χ2n) is 3.88. The normalized spacial score (nSPS) is 9.43. The van der Waals surface area contributed by atoms with Gasteiger partial charge in [-0.25, -0.2) is 9.97 Å². The zero-order chi connectivity index (χ0) is 15.8. The largest absolute Gasteiger partial charge is 0.301 e. The molecule has 2 aromatic heterocycles. The second-order valence-corrected chi connectivity index (χ2v) is 4.24. The van der Waals surface area contributed by atoms with Gasteiger partial charge in [0.2, 0.25) is 0 Å². The van der Waals surface area contributed by atoms with Crippen LogP contribution in [0, 0.1) is 6.92 Å². The molecular weight excluding hydrogens is 282 g/mol. The third kappa shape index (κ3) is 3.61. The van der Waals surface area contributed by atoms with Gasteiger partial charge in [0.15, 0.2) is 0 Å². The molecule has 0 radical (unpaired) electrons. The highest BCUT2D eigenvalue weighted by molar-refractivity contribution is 6.34. The minimum atomic E-state index is 0.502. The van der Waals surface area contributed by atoms with Gasteiger partial charge < -0.3 is 4.57 Å². The summed E-state index contributed by atoms with van der Waals surface area (Å²) >= 11 is 6.10. The molecule has 0 atom stereocenters. The first-order valence-electron chi connectivity index (χ1n) is 7.31. The van der Waals surface area contributed by atoms with Gasteiger partial charge in [-0.15, -0.1) is 0 Å². The maximum absolute atomic E-state index is 6.10. The first kappa shape index (κ1) is 17.2. The van der Waals surface area contributed by atoms with Crippen LogP contribution in [0.3, 0.4) is 0 Å². The van der Waals surface area contributed by atoms with Crippen LogP contribution in [0.1, 0.15) is 33.3 Å². The van der Waals surface area contributed by atoms with Crippen molar-refractivity contribution in [2.75, 3.05) is 0 Å². The number of para-hydroxylation sites is 1. The first-order chi connectivity index (χ1) is 10.3. The molecule has 112 valence electrons. The highest BCUT2D eigenvalue weighted by atomic mass is 35.5. The number of hydrogen-bond donors (Lipinski definition) is 0. The number of aromatic nitrogens is 3. The number of rotatable bonds is 1. The molecule has 3 nitrogen and oxygen atoms in total. The molecule has 3 rings (SSSR count). The van der Waals surface area contributed by atoms with Crippen molar-refractivity contribution >= 4 is 22.6 Å². The molecule has 3 aromatic rings. The van der Waals surface area contributed by atoms with Crippen molar-refractivity contribution in [3.05, 3.63) is 53.6 Å². The second kappa shape index (κ2) is 8.42. The average molecular weight is 304 g/mol. The lowest BCUT2D eigenvalue weighted by atomic mass is 10.3. The molecule has 0 fully saturated rings. The van der Waals surface area contributed by atoms with Crippen molar-refractivity contribution in [1.29, 1.82) is 0 Å². The Morgan fingerprint density at radius 1 is 0.952 bits per heavy atom. The van der Waals surface area contributed by atoms with Gasteiger partial charge in [0, 0.05) is 11.9 Å². The van der Waals surface area contributed by atoms with E-state index >= 15 is 0 Å². The highest BCUT2D eigenvalue weighted by Gasteiger charge is 2.11. The minimum absolute atomic E-state index is 0.502. The summed E-state index contributed by atoms with van der Waals surface area (Å²) in [4.78, 5) is 8.32. The fourth-order valence-electron chi connectivity index (χ4n) is 1.98. The number of benzene rings is 1. The molecular formula is C17H22ClN3. The van der Waals surface area contributed by atoms with Gasteiger partial charge in [-0.2, -0.15) is 0 Å². The lowest BCUT2D eigenvalue weighted by Crippen LogP contribution is -1.93. The van der Waals surface area contributed by atoms with E-state index in [1.807, 2.05) is 75.7 Å². The van der Waals surface area contributed by atoms with E-state index in [1.165, 1.54) is 6.33 Å². The summed E-state index contributed by atoms with van der Waals surface area (Å²) in [5.41, 5.74) is 2.99. The average Bonchev–Trinajstić information content (AvgIpc) is 2.90. The van der Waals surface area contributed by atoms with Crippen molar-refractivity contribution in [3.8, 4) is 5.69 Å². The van der Waals surface area contributed by atoms with E-state index in [2.05, 4.69) is 9.97 Å². The van der Waals surface area contributed by atoms with E-state index in [4.69, 9.17) is 11.6 Å². The van der Waals surface area contributed by atoms with Crippen LogP contribution in [0.15, 0.2) is 42.9 Å². The third-order valence-corrected chi connectivity index (χ3v) is 3.05. The summed E-state index contributed by atoms with van der Waals surface area (Å²) in [7, 11) is 0. The molecule has 0 aliphatic heterocycles. The minimum Gasteiger partial charge on any atom is -0.301 e. The van der Waals surface area contributed by atoms with Gasteiger partial charge in [-0.1, -0.05) is 57.5 Å².